The van der Waals surface area contributed by atoms with Crippen LogP contribution in [-0.4, -0.2) is 27.6 Å². The van der Waals surface area contributed by atoms with Crippen molar-refractivity contribution < 1.29 is 25.8 Å². The van der Waals surface area contributed by atoms with Crippen LogP contribution in [0.4, 0.5) is 0 Å². The number of hydrogen-bond donors (Lipinski definition) is 0. The zero-order chi connectivity index (χ0) is 36.5. The summed E-state index contributed by atoms with van der Waals surface area (Å²) in [5.41, 5.74) is 6.30. The van der Waals surface area contributed by atoms with E-state index in [0.29, 0.717) is 11.5 Å². The number of hydrogen-bond acceptors (Lipinski definition) is 4. The molecule has 0 saturated carbocycles. The molecule has 4 aromatic heterocycles. The first-order valence-corrected chi connectivity index (χ1v) is 20.2. The van der Waals surface area contributed by atoms with Crippen molar-refractivity contribution in [2.24, 2.45) is 0 Å². The van der Waals surface area contributed by atoms with Gasteiger partial charge in [0.15, 0.2) is 0 Å². The summed E-state index contributed by atoms with van der Waals surface area (Å²) in [5.74, 6) is 2.06. The molecule has 9 rings (SSSR count). The Morgan fingerprint density at radius 1 is 0.648 bits per heavy atom. The van der Waals surface area contributed by atoms with Gasteiger partial charge in [0.2, 0.25) is 0 Å². The molecule has 0 aliphatic carbocycles. The Morgan fingerprint density at radius 2 is 1.31 bits per heavy atom. The normalized spacial score (nSPS) is 13.4. The minimum absolute atomic E-state index is 0. The molecule has 0 saturated heterocycles. The molecule has 0 N–H and O–H groups in total. The molecule has 0 unspecified atom stereocenters. The van der Waals surface area contributed by atoms with Crippen LogP contribution in [0.5, 0.6) is 11.5 Å². The summed E-state index contributed by atoms with van der Waals surface area (Å²) in [5, 5.41) is 7.35. The largest absolute Gasteiger partial charge is 2.00 e. The molecule has 0 amide bonds. The fourth-order valence-corrected chi connectivity index (χ4v) is 13.6. The predicted octanol–water partition coefficient (Wildman–Crippen LogP) is 8.31. The van der Waals surface area contributed by atoms with Crippen molar-refractivity contribution in [2.45, 2.75) is 52.4 Å². The van der Waals surface area contributed by atoms with E-state index in [1.54, 1.807) is 0 Å². The van der Waals surface area contributed by atoms with E-state index in [-0.39, 0.29) is 31.9 Å². The fourth-order valence-electron chi connectivity index (χ4n) is 8.16. The van der Waals surface area contributed by atoms with Gasteiger partial charge in [0.1, 0.15) is 13.9 Å². The quantitative estimate of drug-likeness (QED) is 0.129. The van der Waals surface area contributed by atoms with Gasteiger partial charge < -0.3 is 14.3 Å². The molecule has 0 atom stereocenters. The predicted molar refractivity (Wildman–Crippen MR) is 218 cm³/mol. The third-order valence-electron chi connectivity index (χ3n) is 10.6. The van der Waals surface area contributed by atoms with Crippen molar-refractivity contribution in [3.63, 3.8) is 0 Å². The van der Waals surface area contributed by atoms with Crippen LogP contribution >= 0.6 is 0 Å². The zero-order valence-electron chi connectivity index (χ0n) is 31.2. The van der Waals surface area contributed by atoms with Crippen LogP contribution in [0.25, 0.3) is 38.9 Å². The zero-order valence-corrected chi connectivity index (χ0v) is 34.5. The molecular weight excluding hydrogens is 860 g/mol. The van der Waals surface area contributed by atoms with Crippen molar-refractivity contribution in [3.8, 4) is 28.6 Å². The molecule has 0 bridgehead atoms. The number of nitrogens with zero attached hydrogens (tertiary/aromatic N) is 4. The van der Waals surface area contributed by atoms with Crippen LogP contribution in [0.2, 0.25) is 0 Å². The number of pyridine rings is 3. The summed E-state index contributed by atoms with van der Waals surface area (Å²) in [7, 11) is -2.79. The van der Waals surface area contributed by atoms with Gasteiger partial charge in [-0.1, -0.05) is 129 Å². The summed E-state index contributed by atoms with van der Waals surface area (Å²) < 4.78 is 8.86. The number of rotatable bonds is 5. The standard InChI is InChI=1S/C47H40N4OSi.Pt/c1-46(2,3)31-21-25-49-43(27-31)51-40-23-24-48-30-38(40)36-19-17-33(29-41(36)51)52-32-18-20-42-37(28-32)44-45(39(22-26-50-44)47(4,5)6)53(42,34-13-9-7-10-14-34)35-15-11-8-12-16-35;/h7-27,30H,1-6H3;/q-2;+2. The Hall–Kier alpha value is -5.16. The van der Waals surface area contributed by atoms with Crippen LogP contribution < -0.4 is 25.5 Å². The molecule has 5 heterocycles. The monoisotopic (exact) mass is 899 g/mol. The van der Waals surface area contributed by atoms with E-state index in [0.717, 1.165) is 38.9 Å². The summed E-state index contributed by atoms with van der Waals surface area (Å²) in [6, 6.07) is 46.3. The molecule has 0 radical (unpaired) electrons. The van der Waals surface area contributed by atoms with Crippen molar-refractivity contribution in [2.75, 3.05) is 0 Å². The number of ether oxygens (including phenoxy) is 1. The number of fused-ring (bicyclic) bond motifs is 6. The average Bonchev–Trinajstić information content (AvgIpc) is 3.65. The minimum atomic E-state index is -2.79. The Labute approximate surface area is 332 Å². The average molecular weight is 900 g/mol. The third-order valence-corrected chi connectivity index (χ3v) is 15.5. The topological polar surface area (TPSA) is 52.8 Å². The van der Waals surface area contributed by atoms with E-state index in [4.69, 9.17) is 14.7 Å². The van der Waals surface area contributed by atoms with Crippen LogP contribution in [-0.2, 0) is 31.9 Å². The van der Waals surface area contributed by atoms with Gasteiger partial charge >= 0.3 is 21.1 Å². The Bertz CT molecular complexity index is 2640. The maximum atomic E-state index is 6.70. The van der Waals surface area contributed by atoms with Crippen molar-refractivity contribution >= 4 is 50.6 Å². The molecule has 1 aliphatic heterocycles. The molecule has 8 aromatic rings. The number of aromatic nitrogens is 4. The Morgan fingerprint density at radius 3 is 2.00 bits per heavy atom. The summed E-state index contributed by atoms with van der Waals surface area (Å²) >= 11 is 0. The van der Waals surface area contributed by atoms with Gasteiger partial charge in [-0.2, -0.15) is 6.07 Å². The second-order valence-corrected chi connectivity index (χ2v) is 19.7. The van der Waals surface area contributed by atoms with Crippen LogP contribution in [0, 0.1) is 12.1 Å². The van der Waals surface area contributed by atoms with E-state index in [1.165, 1.54) is 31.9 Å². The minimum Gasteiger partial charge on any atom is -0.503 e. The smallest absolute Gasteiger partial charge is 0.503 e. The summed E-state index contributed by atoms with van der Waals surface area (Å²) in [4.78, 5) is 14.4. The second kappa shape index (κ2) is 13.3. The molecule has 4 aromatic carbocycles. The first-order valence-electron chi connectivity index (χ1n) is 18.2. The molecule has 7 heteroatoms. The van der Waals surface area contributed by atoms with Gasteiger partial charge in [-0.3, -0.25) is 4.98 Å². The molecule has 0 spiro atoms. The van der Waals surface area contributed by atoms with Gasteiger partial charge in [0, 0.05) is 41.8 Å². The molecule has 5 nitrogen and oxygen atoms in total. The Kier molecular flexibility index (Phi) is 8.83. The molecule has 54 heavy (non-hydrogen) atoms. The van der Waals surface area contributed by atoms with Gasteiger partial charge in [-0.25, -0.2) is 4.98 Å². The maximum absolute atomic E-state index is 6.70. The second-order valence-electron chi connectivity index (χ2n) is 16.0. The van der Waals surface area contributed by atoms with E-state index in [2.05, 4.69) is 160 Å². The maximum Gasteiger partial charge on any atom is 2.00 e. The van der Waals surface area contributed by atoms with Crippen molar-refractivity contribution in [3.05, 3.63) is 157 Å². The van der Waals surface area contributed by atoms with Crippen LogP contribution in [0.15, 0.2) is 134 Å². The van der Waals surface area contributed by atoms with E-state index < -0.39 is 8.07 Å². The van der Waals surface area contributed by atoms with E-state index in [1.807, 2.05) is 36.9 Å². The first-order chi connectivity index (χ1) is 25.5. The van der Waals surface area contributed by atoms with Gasteiger partial charge in [-0.15, -0.1) is 40.4 Å². The van der Waals surface area contributed by atoms with E-state index in [9.17, 15) is 0 Å². The fraction of sp³-hybridized carbons (Fsp3) is 0.170. The number of benzene rings is 4. The van der Waals surface area contributed by atoms with Crippen molar-refractivity contribution in [1.29, 1.82) is 0 Å². The van der Waals surface area contributed by atoms with E-state index >= 15 is 0 Å². The first kappa shape index (κ1) is 35.8. The van der Waals surface area contributed by atoms with Gasteiger partial charge in [0.25, 0.3) is 0 Å². The molecule has 1 aliphatic rings. The SMILES string of the molecule is CC(C)(C)c1ccnc(-n2c3[c-]c(Oc4[c-]c5c(cc4)[Si](c4ccccc4)(c4ccccc4)c4c(C(C)(C)C)ccnc4-5)ccc3c3cnccc32)c1.[Pt+2]. The molecule has 268 valence electrons. The van der Waals surface area contributed by atoms with Crippen LogP contribution in [0.1, 0.15) is 52.7 Å². The van der Waals surface area contributed by atoms with Gasteiger partial charge in [0.05, 0.1) is 0 Å². The van der Waals surface area contributed by atoms with Crippen molar-refractivity contribution in [1.82, 2.24) is 19.5 Å². The molecule has 0 fully saturated rings. The third kappa shape index (κ3) is 5.66. The van der Waals surface area contributed by atoms with Crippen LogP contribution in [0.3, 0.4) is 0 Å². The summed E-state index contributed by atoms with van der Waals surface area (Å²) in [6.07, 6.45) is 7.59. The summed E-state index contributed by atoms with van der Waals surface area (Å²) in [6.45, 7) is 13.6. The Balaban J connectivity index is 0.00000413. The van der Waals surface area contributed by atoms with Gasteiger partial charge in [-0.05, 0) is 57.3 Å². The molecular formula is C47H40N4OPtSi.